The maximum absolute atomic E-state index is 13.7. The van der Waals surface area contributed by atoms with Gasteiger partial charge >= 0.3 is 6.18 Å². The number of amides is 1. The first-order valence-electron chi connectivity index (χ1n) is 13.3. The van der Waals surface area contributed by atoms with Crippen LogP contribution >= 0.6 is 0 Å². The van der Waals surface area contributed by atoms with Gasteiger partial charge in [0.25, 0.3) is 0 Å². The molecule has 0 bridgehead atoms. The van der Waals surface area contributed by atoms with E-state index in [-0.39, 0.29) is 26.2 Å². The highest BCUT2D eigenvalue weighted by molar-refractivity contribution is 7.92. The second-order valence-electron chi connectivity index (χ2n) is 9.70. The molecule has 11 heteroatoms. The first-order valence-corrected chi connectivity index (χ1v) is 14.8. The second-order valence-corrected chi connectivity index (χ2v) is 11.5. The molecule has 222 valence electrons. The van der Waals surface area contributed by atoms with E-state index in [4.69, 9.17) is 4.74 Å². The molecule has 0 saturated heterocycles. The minimum atomic E-state index is -4.48. The Labute approximate surface area is 243 Å². The Morgan fingerprint density at radius 3 is 2.33 bits per heavy atom. The number of hydrogen-bond acceptors (Lipinski definition) is 4. The lowest BCUT2D eigenvalue weighted by Gasteiger charge is -2.27. The summed E-state index contributed by atoms with van der Waals surface area (Å²) in [5, 5.41) is 2.05. The number of aromatic nitrogens is 1. The van der Waals surface area contributed by atoms with Crippen molar-refractivity contribution in [3.63, 3.8) is 0 Å². The van der Waals surface area contributed by atoms with Gasteiger partial charge in [0.15, 0.2) is 0 Å². The molecule has 1 aromatic heterocycles. The van der Waals surface area contributed by atoms with E-state index in [2.05, 4.69) is 4.98 Å². The van der Waals surface area contributed by atoms with Crippen LogP contribution in [0.25, 0.3) is 17.0 Å². The number of nitrogens with one attached hydrogen (secondary N) is 1. The monoisotopic (exact) mass is 599 g/mol. The van der Waals surface area contributed by atoms with Crippen molar-refractivity contribution in [3.8, 4) is 0 Å². The minimum absolute atomic E-state index is 0.0113. The quantitative estimate of drug-likeness (QED) is 0.214. The van der Waals surface area contributed by atoms with Crippen molar-refractivity contribution in [2.45, 2.75) is 19.1 Å². The van der Waals surface area contributed by atoms with Crippen LogP contribution in [0, 0.1) is 0 Å². The van der Waals surface area contributed by atoms with Crippen molar-refractivity contribution in [1.29, 1.82) is 0 Å². The Morgan fingerprint density at radius 1 is 0.952 bits per heavy atom. The number of sulfonamides is 1. The average molecular weight is 600 g/mol. The summed E-state index contributed by atoms with van der Waals surface area (Å²) in [5.41, 5.74) is 2.29. The predicted octanol–water partition coefficient (Wildman–Crippen LogP) is 5.71. The number of fused-ring (bicyclic) bond motifs is 1. The smallest absolute Gasteiger partial charge is 0.383 e. The Morgan fingerprint density at radius 2 is 1.64 bits per heavy atom. The first kappa shape index (κ1) is 31.0. The zero-order chi connectivity index (χ0) is 30.2. The molecule has 0 aliphatic carbocycles. The Bertz CT molecular complexity index is 1600. The lowest BCUT2D eigenvalue weighted by atomic mass is 10.1. The number of nitrogens with zero attached hydrogens (tertiary/aromatic N) is 2. The molecule has 0 spiro atoms. The average Bonchev–Trinajstić information content (AvgIpc) is 3.39. The van der Waals surface area contributed by atoms with E-state index in [1.165, 1.54) is 30.2 Å². The topological polar surface area (TPSA) is 82.7 Å². The molecule has 7 nitrogen and oxygen atoms in total. The summed E-state index contributed by atoms with van der Waals surface area (Å²) < 4.78 is 71.9. The largest absolute Gasteiger partial charge is 0.416 e. The highest BCUT2D eigenvalue weighted by Gasteiger charge is 2.30. The van der Waals surface area contributed by atoms with Crippen molar-refractivity contribution < 1.29 is 31.1 Å². The van der Waals surface area contributed by atoms with Gasteiger partial charge < -0.3 is 14.6 Å². The summed E-state index contributed by atoms with van der Waals surface area (Å²) in [7, 11) is -2.57. The van der Waals surface area contributed by atoms with Crippen LogP contribution < -0.4 is 0 Å². The molecule has 1 amide bonds. The van der Waals surface area contributed by atoms with Gasteiger partial charge in [-0.15, -0.1) is 0 Å². The van der Waals surface area contributed by atoms with Gasteiger partial charge in [-0.2, -0.15) is 17.5 Å². The van der Waals surface area contributed by atoms with Gasteiger partial charge in [-0.25, -0.2) is 8.42 Å². The predicted molar refractivity (Wildman–Crippen MR) is 157 cm³/mol. The number of benzene rings is 3. The molecular weight excluding hydrogens is 567 g/mol. The van der Waals surface area contributed by atoms with E-state index in [9.17, 15) is 26.4 Å². The number of ether oxygens (including phenoxy) is 1. The Hall–Kier alpha value is -3.93. The fraction of sp³-hybridized carbons (Fsp3) is 0.258. The van der Waals surface area contributed by atoms with Gasteiger partial charge in [0.1, 0.15) is 0 Å². The van der Waals surface area contributed by atoms with Crippen molar-refractivity contribution in [2.24, 2.45) is 0 Å². The van der Waals surface area contributed by atoms with E-state index in [1.807, 2.05) is 36.5 Å². The number of H-pyrrole nitrogens is 1. The SMILES string of the molecule is COCCN(CC(=O)N(CCc1c[nH]c2ccccc12)Cc1ccc(C(F)(F)F)cc1)S(=O)(=O)/C=C/c1ccccc1. The van der Waals surface area contributed by atoms with E-state index in [0.717, 1.165) is 38.3 Å². The maximum Gasteiger partial charge on any atom is 0.416 e. The lowest BCUT2D eigenvalue weighted by molar-refractivity contribution is -0.137. The molecule has 0 unspecified atom stereocenters. The van der Waals surface area contributed by atoms with Crippen LogP contribution in [0.1, 0.15) is 22.3 Å². The van der Waals surface area contributed by atoms with Crippen LogP contribution in [0.2, 0.25) is 0 Å². The number of alkyl halides is 3. The highest BCUT2D eigenvalue weighted by Crippen LogP contribution is 2.29. The summed E-state index contributed by atoms with van der Waals surface area (Å²) in [4.78, 5) is 18.3. The standard InChI is InChI=1S/C31H32F3N3O4S/c1-41-19-18-37(42(39,40)20-16-24-7-3-2-4-8-24)23-30(38)36(22-25-11-13-27(14-12-25)31(32,33)34)17-15-26-21-35-29-10-6-5-9-28(26)29/h2-14,16,20-21,35H,15,17-19,22-23H2,1H3/b20-16+. The number of carbonyl (C=O) groups is 1. The lowest BCUT2D eigenvalue weighted by Crippen LogP contribution is -2.43. The van der Waals surface area contributed by atoms with Crippen molar-refractivity contribution in [3.05, 3.63) is 113 Å². The molecule has 0 aliphatic rings. The van der Waals surface area contributed by atoms with Gasteiger partial charge in [0.2, 0.25) is 15.9 Å². The summed E-state index contributed by atoms with van der Waals surface area (Å²) in [6.07, 6.45) is -0.715. The van der Waals surface area contributed by atoms with E-state index < -0.39 is 34.2 Å². The van der Waals surface area contributed by atoms with E-state index in [1.54, 1.807) is 24.3 Å². The Kier molecular flexibility index (Phi) is 10.2. The second kappa shape index (κ2) is 13.8. The minimum Gasteiger partial charge on any atom is -0.383 e. The number of halogens is 3. The van der Waals surface area contributed by atoms with Crippen molar-refractivity contribution in [2.75, 3.05) is 33.4 Å². The number of hydrogen-bond donors (Lipinski definition) is 1. The molecule has 4 rings (SSSR count). The highest BCUT2D eigenvalue weighted by atomic mass is 32.2. The molecule has 0 radical (unpaired) electrons. The molecule has 0 atom stereocenters. The van der Waals surface area contributed by atoms with Gasteiger partial charge in [-0.1, -0.05) is 60.7 Å². The number of methoxy groups -OCH3 is 1. The van der Waals surface area contributed by atoms with Crippen LogP contribution in [0.15, 0.2) is 90.5 Å². The van der Waals surface area contributed by atoms with Crippen LogP contribution in [0.5, 0.6) is 0 Å². The number of carbonyl (C=O) groups excluding carboxylic acids is 1. The number of rotatable bonds is 13. The molecule has 0 saturated carbocycles. The summed E-state index contributed by atoms with van der Waals surface area (Å²) in [6.45, 7) is -0.212. The molecular formula is C31H32F3N3O4S. The van der Waals surface area contributed by atoms with Gasteiger partial charge in [0.05, 0.1) is 18.7 Å². The number of aromatic amines is 1. The zero-order valence-electron chi connectivity index (χ0n) is 23.0. The van der Waals surface area contributed by atoms with E-state index >= 15 is 0 Å². The molecule has 0 fully saturated rings. The van der Waals surface area contributed by atoms with Crippen molar-refractivity contribution in [1.82, 2.24) is 14.2 Å². The molecule has 0 aliphatic heterocycles. The summed E-state index contributed by atoms with van der Waals surface area (Å²) >= 11 is 0. The maximum atomic E-state index is 13.7. The number of para-hydroxylation sites is 1. The van der Waals surface area contributed by atoms with Crippen LogP contribution in [-0.4, -0.2) is 61.9 Å². The zero-order valence-corrected chi connectivity index (χ0v) is 23.9. The van der Waals surface area contributed by atoms with Gasteiger partial charge in [-0.05, 0) is 47.4 Å². The third kappa shape index (κ3) is 8.31. The molecule has 1 heterocycles. The van der Waals surface area contributed by atoms with E-state index in [0.29, 0.717) is 17.5 Å². The van der Waals surface area contributed by atoms with Crippen LogP contribution in [-0.2, 0) is 38.7 Å². The van der Waals surface area contributed by atoms with Crippen LogP contribution in [0.4, 0.5) is 13.2 Å². The molecule has 4 aromatic rings. The summed E-state index contributed by atoms with van der Waals surface area (Å²) in [5.74, 6) is -0.484. The molecule has 1 N–H and O–H groups in total. The fourth-order valence-electron chi connectivity index (χ4n) is 4.46. The van der Waals surface area contributed by atoms with Crippen molar-refractivity contribution >= 4 is 32.9 Å². The first-order chi connectivity index (χ1) is 20.1. The fourth-order valence-corrected chi connectivity index (χ4v) is 5.58. The normalized spacial score (nSPS) is 12.4. The molecule has 42 heavy (non-hydrogen) atoms. The summed E-state index contributed by atoms with van der Waals surface area (Å²) in [6, 6.07) is 21.2. The van der Waals surface area contributed by atoms with Gasteiger partial charge in [0, 0.05) is 49.3 Å². The third-order valence-corrected chi connectivity index (χ3v) is 8.29. The molecule has 3 aromatic carbocycles. The Balaban J connectivity index is 1.57. The van der Waals surface area contributed by atoms with Crippen LogP contribution in [0.3, 0.4) is 0 Å². The van der Waals surface area contributed by atoms with Gasteiger partial charge in [-0.3, -0.25) is 4.79 Å². The third-order valence-electron chi connectivity index (χ3n) is 6.78.